The van der Waals surface area contributed by atoms with Crippen LogP contribution in [-0.2, 0) is 16.1 Å². The number of aromatic nitrogens is 3. The van der Waals surface area contributed by atoms with Gasteiger partial charge >= 0.3 is 0 Å². The van der Waals surface area contributed by atoms with Gasteiger partial charge in [-0.25, -0.2) is 9.50 Å². The molecule has 0 unspecified atom stereocenters. The molecule has 0 aliphatic carbocycles. The van der Waals surface area contributed by atoms with Crippen LogP contribution in [0.1, 0.15) is 52.7 Å². The van der Waals surface area contributed by atoms with Crippen LogP contribution in [-0.4, -0.2) is 68.9 Å². The molecule has 2 aromatic heterocycles. The van der Waals surface area contributed by atoms with Crippen molar-refractivity contribution in [2.75, 3.05) is 25.0 Å². The van der Waals surface area contributed by atoms with Crippen molar-refractivity contribution in [1.82, 2.24) is 30.1 Å². The predicted octanol–water partition coefficient (Wildman–Crippen LogP) is 1.12. The fourth-order valence-corrected chi connectivity index (χ4v) is 4.42. The lowest BCUT2D eigenvalue weighted by molar-refractivity contribution is -0.133. The maximum atomic E-state index is 13.1. The van der Waals surface area contributed by atoms with Gasteiger partial charge in [-0.2, -0.15) is 5.10 Å². The molecule has 2 aliphatic heterocycles. The van der Waals surface area contributed by atoms with Crippen LogP contribution in [0.3, 0.4) is 0 Å². The number of nitrogens with zero attached hydrogens (tertiary/aromatic N) is 4. The average molecular weight is 506 g/mol. The summed E-state index contributed by atoms with van der Waals surface area (Å²) in [5.74, 6) is -0.846. The van der Waals surface area contributed by atoms with E-state index in [9.17, 15) is 19.2 Å². The Morgan fingerprint density at radius 1 is 1.11 bits per heavy atom. The van der Waals surface area contributed by atoms with Crippen LogP contribution >= 0.6 is 0 Å². The molecular weight excluding hydrogens is 478 g/mol. The van der Waals surface area contributed by atoms with Crippen LogP contribution in [0.15, 0.2) is 36.5 Å². The molecule has 0 saturated carbocycles. The van der Waals surface area contributed by atoms with Gasteiger partial charge < -0.3 is 25.6 Å². The first kappa shape index (κ1) is 24.2. The Bertz CT molecular complexity index is 1380. The number of likely N-dealkylation sites (tertiary alicyclic amines) is 1. The molecule has 12 nitrogen and oxygen atoms in total. The number of carbonyl (C=O) groups is 4. The SMILES string of the molecule is C[C@H](NC(=O)c1cc(C(=O)NCc2ccc3c(c2)NC(=O)CO3)nc2ccnn12)C(=O)N1CCCCC1. The summed E-state index contributed by atoms with van der Waals surface area (Å²) in [7, 11) is 0. The molecule has 3 aromatic rings. The van der Waals surface area contributed by atoms with Crippen LogP contribution in [0.2, 0.25) is 0 Å². The van der Waals surface area contributed by atoms with Crippen molar-refractivity contribution in [3.05, 3.63) is 53.5 Å². The average Bonchev–Trinajstić information content (AvgIpc) is 3.39. The van der Waals surface area contributed by atoms with E-state index >= 15 is 0 Å². The normalized spacial score (nSPS) is 15.8. The second-order valence-electron chi connectivity index (χ2n) is 9.06. The van der Waals surface area contributed by atoms with Crippen LogP contribution in [0.25, 0.3) is 5.65 Å². The molecular formula is C25H27N7O5. The number of piperidine rings is 1. The summed E-state index contributed by atoms with van der Waals surface area (Å²) in [4.78, 5) is 56.5. The van der Waals surface area contributed by atoms with Gasteiger partial charge in [0.25, 0.3) is 17.7 Å². The fourth-order valence-electron chi connectivity index (χ4n) is 4.42. The highest BCUT2D eigenvalue weighted by Crippen LogP contribution is 2.28. The number of benzene rings is 1. The molecule has 1 aromatic carbocycles. The Morgan fingerprint density at radius 3 is 2.73 bits per heavy atom. The molecule has 1 fully saturated rings. The van der Waals surface area contributed by atoms with Crippen LogP contribution in [0.4, 0.5) is 5.69 Å². The number of carbonyl (C=O) groups excluding carboxylic acids is 4. The monoisotopic (exact) mass is 505 g/mol. The van der Waals surface area contributed by atoms with E-state index in [1.807, 2.05) is 0 Å². The molecule has 37 heavy (non-hydrogen) atoms. The Labute approximate surface area is 212 Å². The van der Waals surface area contributed by atoms with Crippen LogP contribution < -0.4 is 20.7 Å². The van der Waals surface area contributed by atoms with Crippen molar-refractivity contribution in [2.24, 2.45) is 0 Å². The largest absolute Gasteiger partial charge is 0.482 e. The summed E-state index contributed by atoms with van der Waals surface area (Å²) < 4.78 is 6.68. The molecule has 4 heterocycles. The summed E-state index contributed by atoms with van der Waals surface area (Å²) in [6, 6.07) is 7.44. The van der Waals surface area contributed by atoms with Gasteiger partial charge in [-0.1, -0.05) is 6.07 Å². The smallest absolute Gasteiger partial charge is 0.270 e. The highest BCUT2D eigenvalue weighted by atomic mass is 16.5. The minimum absolute atomic E-state index is 0.0303. The molecule has 1 atom stereocenters. The lowest BCUT2D eigenvalue weighted by atomic mass is 10.1. The van der Waals surface area contributed by atoms with Gasteiger partial charge in [-0.3, -0.25) is 19.2 Å². The van der Waals surface area contributed by atoms with E-state index in [1.165, 1.54) is 16.8 Å². The molecule has 5 rings (SSSR count). The minimum Gasteiger partial charge on any atom is -0.482 e. The topological polar surface area (TPSA) is 147 Å². The van der Waals surface area contributed by atoms with E-state index < -0.39 is 17.9 Å². The molecule has 2 aliphatic rings. The summed E-state index contributed by atoms with van der Waals surface area (Å²) >= 11 is 0. The van der Waals surface area contributed by atoms with Crippen molar-refractivity contribution in [3.63, 3.8) is 0 Å². The molecule has 12 heteroatoms. The second kappa shape index (κ2) is 10.2. The standard InChI is InChI=1S/C25H27N7O5/c1-15(25(36)31-9-3-2-4-10-31)28-24(35)19-12-18(29-21-7-8-27-32(19)21)23(34)26-13-16-5-6-20-17(11-16)30-22(33)14-37-20/h5-8,11-12,15H,2-4,9-10,13-14H2,1H3,(H,26,34)(H,28,35)(H,30,33)/t15-/m0/s1. The van der Waals surface area contributed by atoms with E-state index in [0.717, 1.165) is 24.8 Å². The zero-order chi connectivity index (χ0) is 25.9. The fraction of sp³-hybridized carbons (Fsp3) is 0.360. The van der Waals surface area contributed by atoms with Crippen LogP contribution in [0, 0.1) is 0 Å². The number of rotatable bonds is 6. The summed E-state index contributed by atoms with van der Waals surface area (Å²) in [6.45, 7) is 3.15. The lowest BCUT2D eigenvalue weighted by Gasteiger charge is -2.29. The highest BCUT2D eigenvalue weighted by molar-refractivity contribution is 6.00. The van der Waals surface area contributed by atoms with E-state index in [0.29, 0.717) is 30.2 Å². The first-order valence-electron chi connectivity index (χ1n) is 12.2. The Hall–Kier alpha value is -4.48. The summed E-state index contributed by atoms with van der Waals surface area (Å²) in [5, 5.41) is 12.4. The van der Waals surface area contributed by atoms with Gasteiger partial charge in [0, 0.05) is 31.8 Å². The highest BCUT2D eigenvalue weighted by Gasteiger charge is 2.25. The van der Waals surface area contributed by atoms with Crippen molar-refractivity contribution in [1.29, 1.82) is 0 Å². The minimum atomic E-state index is -0.727. The summed E-state index contributed by atoms with van der Waals surface area (Å²) in [6.07, 6.45) is 4.49. The first-order chi connectivity index (χ1) is 17.9. The molecule has 192 valence electrons. The molecule has 0 radical (unpaired) electrons. The second-order valence-corrected chi connectivity index (χ2v) is 9.06. The van der Waals surface area contributed by atoms with Crippen molar-refractivity contribution in [3.8, 4) is 5.75 Å². The van der Waals surface area contributed by atoms with E-state index in [-0.39, 0.29) is 36.4 Å². The maximum absolute atomic E-state index is 13.1. The number of anilines is 1. The number of hydrogen-bond acceptors (Lipinski definition) is 7. The van der Waals surface area contributed by atoms with Gasteiger partial charge in [-0.05, 0) is 43.9 Å². The Morgan fingerprint density at radius 2 is 1.92 bits per heavy atom. The van der Waals surface area contributed by atoms with E-state index in [4.69, 9.17) is 4.74 Å². The third-order valence-corrected chi connectivity index (χ3v) is 6.34. The number of amides is 4. The van der Waals surface area contributed by atoms with E-state index in [2.05, 4.69) is 26.0 Å². The number of ether oxygens (including phenoxy) is 1. The molecule has 4 amide bonds. The molecule has 0 spiro atoms. The van der Waals surface area contributed by atoms with Gasteiger partial charge in [0.05, 0.1) is 11.9 Å². The van der Waals surface area contributed by atoms with Gasteiger partial charge in [0.2, 0.25) is 5.91 Å². The zero-order valence-electron chi connectivity index (χ0n) is 20.3. The van der Waals surface area contributed by atoms with Gasteiger partial charge in [0.15, 0.2) is 12.3 Å². The molecule has 0 bridgehead atoms. The zero-order valence-corrected chi connectivity index (χ0v) is 20.3. The maximum Gasteiger partial charge on any atom is 0.270 e. The summed E-state index contributed by atoms with van der Waals surface area (Å²) in [5.41, 5.74) is 1.72. The van der Waals surface area contributed by atoms with Crippen LogP contribution in [0.5, 0.6) is 5.75 Å². The lowest BCUT2D eigenvalue weighted by Crippen LogP contribution is -2.48. The molecule has 1 saturated heterocycles. The van der Waals surface area contributed by atoms with Crippen molar-refractivity contribution >= 4 is 35.0 Å². The van der Waals surface area contributed by atoms with Gasteiger partial charge in [0.1, 0.15) is 23.2 Å². The van der Waals surface area contributed by atoms with E-state index in [1.54, 1.807) is 36.1 Å². The quantitative estimate of drug-likeness (QED) is 0.455. The van der Waals surface area contributed by atoms with Crippen molar-refractivity contribution in [2.45, 2.75) is 38.8 Å². The third-order valence-electron chi connectivity index (χ3n) is 6.34. The first-order valence-corrected chi connectivity index (χ1v) is 12.2. The third kappa shape index (κ3) is 5.22. The number of hydrogen-bond donors (Lipinski definition) is 3. The van der Waals surface area contributed by atoms with Crippen molar-refractivity contribution < 1.29 is 23.9 Å². The Kier molecular flexibility index (Phi) is 6.71. The molecule has 3 N–H and O–H groups in total. The number of nitrogens with one attached hydrogen (secondary N) is 3. The predicted molar refractivity (Wildman–Crippen MR) is 132 cm³/mol. The Balaban J connectivity index is 1.29. The van der Waals surface area contributed by atoms with Gasteiger partial charge in [-0.15, -0.1) is 0 Å². The number of fused-ring (bicyclic) bond motifs is 2.